The van der Waals surface area contributed by atoms with Crippen LogP contribution in [-0.4, -0.2) is 24.7 Å². The Morgan fingerprint density at radius 2 is 1.90 bits per heavy atom. The first kappa shape index (κ1) is 12.5. The molecule has 0 bridgehead atoms. The van der Waals surface area contributed by atoms with Crippen molar-refractivity contribution in [2.45, 2.75) is 19.9 Å². The van der Waals surface area contributed by atoms with Crippen molar-refractivity contribution >= 4 is 11.2 Å². The number of phenolic OH excluding ortho intramolecular Hbond substituents is 2. The average Bonchev–Trinajstić information content (AvgIpc) is 2.77. The van der Waals surface area contributed by atoms with Gasteiger partial charge in [0.25, 0.3) is 0 Å². The molecular formula is C15H15N3O2. The fraction of sp³-hybridized carbons (Fsp3) is 0.200. The number of pyridine rings is 1. The molecule has 1 aromatic carbocycles. The minimum Gasteiger partial charge on any atom is -0.508 e. The smallest absolute Gasteiger partial charge is 0.160 e. The lowest BCUT2D eigenvalue weighted by atomic mass is 10.2. The number of fused-ring (bicyclic) bond motifs is 1. The zero-order chi connectivity index (χ0) is 14.1. The predicted octanol–water partition coefficient (Wildman–Crippen LogP) is 2.92. The fourth-order valence-corrected chi connectivity index (χ4v) is 2.34. The minimum atomic E-state index is 0.0167. The molecule has 5 nitrogen and oxygen atoms in total. The summed E-state index contributed by atoms with van der Waals surface area (Å²) in [7, 11) is 0. The molecule has 3 aromatic rings. The van der Waals surface area contributed by atoms with Gasteiger partial charge in [0, 0.05) is 24.4 Å². The Kier molecular flexibility index (Phi) is 3.02. The van der Waals surface area contributed by atoms with Crippen LogP contribution in [0.4, 0.5) is 0 Å². The van der Waals surface area contributed by atoms with E-state index in [2.05, 4.69) is 16.9 Å². The van der Waals surface area contributed by atoms with Crippen LogP contribution in [0.15, 0.2) is 36.5 Å². The Balaban J connectivity index is 2.26. The molecule has 0 saturated carbocycles. The van der Waals surface area contributed by atoms with E-state index < -0.39 is 0 Å². The molecule has 2 heterocycles. The second-order valence-electron chi connectivity index (χ2n) is 4.67. The first-order chi connectivity index (χ1) is 9.69. The standard InChI is InChI=1S/C15H15N3O2/c1-2-6-18-14(10-7-11(19)9-12(20)8-10)17-13-4-3-5-16-15(13)18/h3-5,7-9,19-20H,2,6H2,1H3. The van der Waals surface area contributed by atoms with E-state index in [0.717, 1.165) is 24.1 Å². The van der Waals surface area contributed by atoms with Crippen molar-refractivity contribution in [1.82, 2.24) is 14.5 Å². The van der Waals surface area contributed by atoms with Crippen LogP contribution >= 0.6 is 0 Å². The van der Waals surface area contributed by atoms with Gasteiger partial charge in [-0.05, 0) is 30.7 Å². The lowest BCUT2D eigenvalue weighted by molar-refractivity contribution is 0.451. The van der Waals surface area contributed by atoms with Gasteiger partial charge in [-0.2, -0.15) is 0 Å². The number of hydrogen-bond donors (Lipinski definition) is 2. The zero-order valence-corrected chi connectivity index (χ0v) is 11.1. The molecule has 0 spiro atoms. The van der Waals surface area contributed by atoms with Gasteiger partial charge in [0.15, 0.2) is 5.65 Å². The Labute approximate surface area is 116 Å². The summed E-state index contributed by atoms with van der Waals surface area (Å²) in [5.41, 5.74) is 2.29. The molecule has 0 saturated heterocycles. The maximum Gasteiger partial charge on any atom is 0.160 e. The lowest BCUT2D eigenvalue weighted by Crippen LogP contribution is -2.00. The summed E-state index contributed by atoms with van der Waals surface area (Å²) in [6, 6.07) is 8.23. The molecule has 0 amide bonds. The van der Waals surface area contributed by atoms with E-state index in [0.29, 0.717) is 11.4 Å². The Morgan fingerprint density at radius 1 is 1.15 bits per heavy atom. The number of aryl methyl sites for hydroxylation is 1. The van der Waals surface area contributed by atoms with Crippen molar-refractivity contribution in [3.05, 3.63) is 36.5 Å². The summed E-state index contributed by atoms with van der Waals surface area (Å²) in [5.74, 6) is 0.734. The molecule has 20 heavy (non-hydrogen) atoms. The highest BCUT2D eigenvalue weighted by Gasteiger charge is 2.14. The van der Waals surface area contributed by atoms with E-state index in [1.54, 1.807) is 18.3 Å². The molecule has 0 fully saturated rings. The molecule has 2 aromatic heterocycles. The number of hydrogen-bond acceptors (Lipinski definition) is 4. The van der Waals surface area contributed by atoms with Crippen molar-refractivity contribution in [2.24, 2.45) is 0 Å². The highest BCUT2D eigenvalue weighted by atomic mass is 16.3. The van der Waals surface area contributed by atoms with Gasteiger partial charge >= 0.3 is 0 Å². The molecule has 0 aliphatic heterocycles. The quantitative estimate of drug-likeness (QED) is 0.767. The van der Waals surface area contributed by atoms with E-state index in [4.69, 9.17) is 0 Å². The summed E-state index contributed by atoms with van der Waals surface area (Å²) in [6.07, 6.45) is 2.68. The van der Waals surface area contributed by atoms with Crippen LogP contribution in [0.5, 0.6) is 11.5 Å². The van der Waals surface area contributed by atoms with E-state index in [1.165, 1.54) is 6.07 Å². The Bertz CT molecular complexity index is 745. The van der Waals surface area contributed by atoms with E-state index in [9.17, 15) is 10.2 Å². The highest BCUT2D eigenvalue weighted by molar-refractivity contribution is 5.77. The third-order valence-corrected chi connectivity index (χ3v) is 3.11. The van der Waals surface area contributed by atoms with Crippen LogP contribution in [0, 0.1) is 0 Å². The fourth-order valence-electron chi connectivity index (χ4n) is 2.34. The van der Waals surface area contributed by atoms with Gasteiger partial charge in [-0.1, -0.05) is 6.92 Å². The van der Waals surface area contributed by atoms with E-state index >= 15 is 0 Å². The maximum absolute atomic E-state index is 9.64. The molecule has 2 N–H and O–H groups in total. The Morgan fingerprint density at radius 3 is 2.60 bits per heavy atom. The topological polar surface area (TPSA) is 71.2 Å². The SMILES string of the molecule is CCCn1c(-c2cc(O)cc(O)c2)nc2cccnc21. The third-order valence-electron chi connectivity index (χ3n) is 3.11. The van der Waals surface area contributed by atoms with Crippen molar-refractivity contribution in [2.75, 3.05) is 0 Å². The minimum absolute atomic E-state index is 0.0167. The predicted molar refractivity (Wildman–Crippen MR) is 76.6 cm³/mol. The summed E-state index contributed by atoms with van der Waals surface area (Å²) in [4.78, 5) is 8.93. The Hall–Kier alpha value is -2.56. The largest absolute Gasteiger partial charge is 0.508 e. The molecular weight excluding hydrogens is 254 g/mol. The first-order valence-electron chi connectivity index (χ1n) is 6.53. The van der Waals surface area contributed by atoms with Crippen molar-refractivity contribution < 1.29 is 10.2 Å². The molecule has 3 rings (SSSR count). The van der Waals surface area contributed by atoms with Gasteiger partial charge in [0.05, 0.1) is 0 Å². The van der Waals surface area contributed by atoms with Gasteiger partial charge in [0.1, 0.15) is 22.8 Å². The molecule has 102 valence electrons. The molecule has 0 radical (unpaired) electrons. The summed E-state index contributed by atoms with van der Waals surface area (Å²) < 4.78 is 2.00. The van der Waals surface area contributed by atoms with Gasteiger partial charge in [0.2, 0.25) is 0 Å². The number of nitrogens with zero attached hydrogens (tertiary/aromatic N) is 3. The molecule has 0 unspecified atom stereocenters. The van der Waals surface area contributed by atoms with Gasteiger partial charge < -0.3 is 14.8 Å². The van der Waals surface area contributed by atoms with Gasteiger partial charge in [-0.3, -0.25) is 0 Å². The molecule has 0 aliphatic rings. The molecule has 0 aliphatic carbocycles. The second-order valence-corrected chi connectivity index (χ2v) is 4.67. The van der Waals surface area contributed by atoms with Crippen LogP contribution in [-0.2, 0) is 6.54 Å². The summed E-state index contributed by atoms with van der Waals surface area (Å²) >= 11 is 0. The number of aromatic nitrogens is 3. The zero-order valence-electron chi connectivity index (χ0n) is 11.1. The van der Waals surface area contributed by atoms with Crippen LogP contribution in [0.25, 0.3) is 22.6 Å². The number of rotatable bonds is 3. The van der Waals surface area contributed by atoms with Crippen LogP contribution < -0.4 is 0 Å². The average molecular weight is 269 g/mol. The second kappa shape index (κ2) is 4.85. The summed E-state index contributed by atoms with van der Waals surface area (Å²) in [6.45, 7) is 2.86. The number of phenols is 2. The van der Waals surface area contributed by atoms with Crippen molar-refractivity contribution in [1.29, 1.82) is 0 Å². The number of imidazole rings is 1. The van der Waals surface area contributed by atoms with Gasteiger partial charge in [-0.25, -0.2) is 9.97 Å². The van der Waals surface area contributed by atoms with Gasteiger partial charge in [-0.15, -0.1) is 0 Å². The van der Waals surface area contributed by atoms with Crippen molar-refractivity contribution in [3.8, 4) is 22.9 Å². The van der Waals surface area contributed by atoms with E-state index in [-0.39, 0.29) is 11.5 Å². The highest BCUT2D eigenvalue weighted by Crippen LogP contribution is 2.30. The number of benzene rings is 1. The maximum atomic E-state index is 9.64. The third kappa shape index (κ3) is 2.07. The lowest BCUT2D eigenvalue weighted by Gasteiger charge is -2.08. The first-order valence-corrected chi connectivity index (χ1v) is 6.53. The van der Waals surface area contributed by atoms with Crippen molar-refractivity contribution in [3.63, 3.8) is 0 Å². The van der Waals surface area contributed by atoms with Crippen LogP contribution in [0.1, 0.15) is 13.3 Å². The summed E-state index contributed by atoms with van der Waals surface area (Å²) in [5, 5.41) is 19.3. The molecule has 0 atom stereocenters. The van der Waals surface area contributed by atoms with Crippen LogP contribution in [0.2, 0.25) is 0 Å². The molecule has 5 heteroatoms. The van der Waals surface area contributed by atoms with E-state index in [1.807, 2.05) is 16.7 Å². The van der Waals surface area contributed by atoms with Crippen LogP contribution in [0.3, 0.4) is 0 Å². The normalized spacial score (nSPS) is 11.1. The number of aromatic hydroxyl groups is 2. The monoisotopic (exact) mass is 269 g/mol.